The van der Waals surface area contributed by atoms with E-state index in [1.165, 1.54) is 0 Å². The number of phenols is 1. The van der Waals surface area contributed by atoms with Gasteiger partial charge in [0.05, 0.1) is 12.0 Å². The van der Waals surface area contributed by atoms with Crippen LogP contribution < -0.4 is 5.32 Å². The lowest BCUT2D eigenvalue weighted by molar-refractivity contribution is -0.232. The van der Waals surface area contributed by atoms with Crippen molar-refractivity contribution in [2.24, 2.45) is 5.41 Å². The largest absolute Gasteiger partial charge is 0.508 e. The molecule has 0 aliphatic carbocycles. The molecule has 49 heavy (non-hydrogen) atoms. The molecule has 0 saturated carbocycles. The molecule has 2 aliphatic heterocycles. The number of carbonyl (C=O) groups is 2. The Morgan fingerprint density at radius 1 is 0.980 bits per heavy atom. The minimum absolute atomic E-state index is 0.0717. The van der Waals surface area contributed by atoms with Crippen LogP contribution in [0.25, 0.3) is 6.08 Å². The van der Waals surface area contributed by atoms with Gasteiger partial charge in [-0.2, -0.15) is 0 Å². The Morgan fingerprint density at radius 2 is 1.63 bits per heavy atom. The highest BCUT2D eigenvalue weighted by Gasteiger charge is 2.45. The number of aryl methyl sites for hydroxylation is 1. The number of phenolic OH excluding ortho intramolecular Hbond substituents is 1. The summed E-state index contributed by atoms with van der Waals surface area (Å²) in [6, 6.07) is 9.44. The van der Waals surface area contributed by atoms with Crippen molar-refractivity contribution in [2.45, 2.75) is 96.9 Å². The van der Waals surface area contributed by atoms with Gasteiger partial charge in [-0.3, -0.25) is 9.59 Å². The van der Waals surface area contributed by atoms with Crippen molar-refractivity contribution < 1.29 is 39.9 Å². The fraction of sp³-hybridized carbons (Fsp3) is 0.579. The second-order valence-electron chi connectivity index (χ2n) is 15.1. The Morgan fingerprint density at radius 3 is 2.22 bits per heavy atom. The molecule has 2 aromatic rings. The van der Waals surface area contributed by atoms with Gasteiger partial charge in [0, 0.05) is 31.7 Å². The molecule has 0 radical (unpaired) electrons. The number of hydrogen-bond donors (Lipinski definition) is 6. The molecular formula is C38H55N3O8. The van der Waals surface area contributed by atoms with Crippen LogP contribution in [0.2, 0.25) is 0 Å². The number of nitrogens with zero attached hydrogens (tertiary/aromatic N) is 2. The number of aliphatic hydroxyl groups excluding tert-OH is 4. The van der Waals surface area contributed by atoms with Gasteiger partial charge in [0.2, 0.25) is 11.8 Å². The van der Waals surface area contributed by atoms with Crippen LogP contribution in [-0.2, 0) is 20.7 Å². The summed E-state index contributed by atoms with van der Waals surface area (Å²) in [5.74, 6) is -0.363. The normalized spacial score (nSPS) is 24.1. The molecule has 0 bridgehead atoms. The average molecular weight is 682 g/mol. The molecular weight excluding hydrogens is 626 g/mol. The number of ether oxygens (including phenoxy) is 1. The Bertz CT molecular complexity index is 1530. The van der Waals surface area contributed by atoms with E-state index < -0.39 is 48.1 Å². The Kier molecular flexibility index (Phi) is 12.0. The molecule has 2 aromatic carbocycles. The molecule has 270 valence electrons. The molecule has 0 unspecified atom stereocenters. The number of hydrogen-bond acceptors (Lipinski definition) is 9. The predicted octanol–water partition coefficient (Wildman–Crippen LogP) is 2.64. The number of likely N-dealkylation sites (N-methyl/N-ethyl adjacent to an activating group) is 1. The van der Waals surface area contributed by atoms with Gasteiger partial charge in [0.15, 0.2) is 0 Å². The fourth-order valence-corrected chi connectivity index (χ4v) is 6.46. The van der Waals surface area contributed by atoms with E-state index in [1.54, 1.807) is 26.0 Å². The number of rotatable bonds is 10. The molecule has 0 aromatic heterocycles. The van der Waals surface area contributed by atoms with E-state index in [1.807, 2.05) is 76.9 Å². The van der Waals surface area contributed by atoms with Crippen LogP contribution in [0.5, 0.6) is 5.75 Å². The molecule has 11 heteroatoms. The highest BCUT2D eigenvalue weighted by molar-refractivity contribution is 5.93. The van der Waals surface area contributed by atoms with Crippen molar-refractivity contribution in [2.75, 3.05) is 39.8 Å². The molecule has 2 saturated heterocycles. The zero-order valence-corrected chi connectivity index (χ0v) is 30.1. The highest BCUT2D eigenvalue weighted by Crippen LogP contribution is 2.40. The third-order valence-corrected chi connectivity index (χ3v) is 9.89. The van der Waals surface area contributed by atoms with Crippen LogP contribution in [0.4, 0.5) is 0 Å². The molecule has 6 N–H and O–H groups in total. The van der Waals surface area contributed by atoms with E-state index in [-0.39, 0.29) is 29.0 Å². The number of aliphatic hydroxyl groups is 4. The summed E-state index contributed by atoms with van der Waals surface area (Å²) in [4.78, 5) is 30.6. The molecule has 11 nitrogen and oxygen atoms in total. The van der Waals surface area contributed by atoms with E-state index in [4.69, 9.17) is 4.74 Å². The number of piperazine rings is 1. The highest BCUT2D eigenvalue weighted by atomic mass is 16.5. The summed E-state index contributed by atoms with van der Waals surface area (Å²) < 4.78 is 5.76. The Hall–Kier alpha value is -3.32. The number of amides is 2. The molecule has 5 atom stereocenters. The van der Waals surface area contributed by atoms with Gasteiger partial charge in [0.1, 0.15) is 41.8 Å². The van der Waals surface area contributed by atoms with Crippen molar-refractivity contribution in [3.8, 4) is 5.75 Å². The summed E-state index contributed by atoms with van der Waals surface area (Å²) in [6.45, 7) is 15.5. The monoisotopic (exact) mass is 681 g/mol. The topological polar surface area (TPSA) is 163 Å². The van der Waals surface area contributed by atoms with Gasteiger partial charge < -0.3 is 45.4 Å². The zero-order valence-electron chi connectivity index (χ0n) is 30.1. The number of carbonyl (C=O) groups excluding carboxylic acids is 2. The number of aromatic hydroxyl groups is 1. The molecule has 2 amide bonds. The summed E-state index contributed by atoms with van der Waals surface area (Å²) in [7, 11) is 2.03. The van der Waals surface area contributed by atoms with Crippen LogP contribution in [-0.4, -0.2) is 117 Å². The Balaban J connectivity index is 1.51. The summed E-state index contributed by atoms with van der Waals surface area (Å²) >= 11 is 0. The lowest BCUT2D eigenvalue weighted by Gasteiger charge is -2.40. The zero-order chi connectivity index (χ0) is 36.4. The SMILES string of the molecule is Cc1cc(/C=C/C(C)(C)C(=O)NC(C)(C)C(=O)N2CCN(C)CC2)ccc1Cc1cc([C@@H]2O[C@H](CO)[C@@H](O)[C@H](O)[C@H]2O)c(O)cc1C(C)C. The van der Waals surface area contributed by atoms with Crippen molar-refractivity contribution >= 4 is 17.9 Å². The van der Waals surface area contributed by atoms with Crippen LogP contribution in [0, 0.1) is 12.3 Å². The third-order valence-electron chi connectivity index (χ3n) is 9.89. The maximum atomic E-state index is 13.4. The van der Waals surface area contributed by atoms with E-state index in [0.717, 1.165) is 40.9 Å². The first-order valence-electron chi connectivity index (χ1n) is 17.1. The molecule has 2 fully saturated rings. The minimum atomic E-state index is -1.56. The van der Waals surface area contributed by atoms with Crippen molar-refractivity contribution in [1.82, 2.24) is 15.1 Å². The number of nitrogens with one attached hydrogen (secondary N) is 1. The van der Waals surface area contributed by atoms with Crippen molar-refractivity contribution in [1.29, 1.82) is 0 Å². The first-order chi connectivity index (χ1) is 22.9. The quantitative estimate of drug-likeness (QED) is 0.221. The lowest BCUT2D eigenvalue weighted by atomic mass is 9.85. The van der Waals surface area contributed by atoms with E-state index in [0.29, 0.717) is 19.5 Å². The van der Waals surface area contributed by atoms with Crippen molar-refractivity contribution in [3.05, 3.63) is 69.8 Å². The predicted molar refractivity (Wildman–Crippen MR) is 188 cm³/mol. The minimum Gasteiger partial charge on any atom is -0.508 e. The van der Waals surface area contributed by atoms with E-state index >= 15 is 0 Å². The van der Waals surface area contributed by atoms with E-state index in [9.17, 15) is 35.1 Å². The summed E-state index contributed by atoms with van der Waals surface area (Å²) in [6.07, 6.45) is -2.54. The second kappa shape index (κ2) is 15.3. The van der Waals surface area contributed by atoms with E-state index in [2.05, 4.69) is 10.2 Å². The number of benzene rings is 2. The second-order valence-corrected chi connectivity index (χ2v) is 15.1. The van der Waals surface area contributed by atoms with Crippen LogP contribution in [0.15, 0.2) is 36.4 Å². The van der Waals surface area contributed by atoms with Crippen LogP contribution in [0.3, 0.4) is 0 Å². The standard InChI is InChI=1S/C38H55N3O8/c1-22(2)27-20-29(43)28(34-33(46)32(45)31(44)30(21-42)49-34)19-26(27)18-25-10-9-24(17-23(25)3)11-12-37(4,5)35(47)39-38(6,7)36(48)41-15-13-40(8)14-16-41/h9-12,17,19-20,22,30-34,42-46H,13-16,18,21H2,1-8H3,(H,39,47)/b12-11+/t30-,31-,32+,33-,34+/m1/s1. The maximum absolute atomic E-state index is 13.4. The van der Waals surface area contributed by atoms with Gasteiger partial charge in [-0.25, -0.2) is 0 Å². The summed E-state index contributed by atoms with van der Waals surface area (Å²) in [5, 5.41) is 55.0. The van der Waals surface area contributed by atoms with Gasteiger partial charge in [-0.1, -0.05) is 44.2 Å². The fourth-order valence-electron chi connectivity index (χ4n) is 6.46. The summed E-state index contributed by atoms with van der Waals surface area (Å²) in [5.41, 5.74) is 3.11. The van der Waals surface area contributed by atoms with Gasteiger partial charge in [0.25, 0.3) is 0 Å². The van der Waals surface area contributed by atoms with Gasteiger partial charge in [-0.15, -0.1) is 0 Å². The van der Waals surface area contributed by atoms with Crippen molar-refractivity contribution in [3.63, 3.8) is 0 Å². The van der Waals surface area contributed by atoms with Crippen LogP contribution >= 0.6 is 0 Å². The first kappa shape index (κ1) is 38.5. The molecule has 0 spiro atoms. The smallest absolute Gasteiger partial charge is 0.247 e. The molecule has 4 rings (SSSR count). The van der Waals surface area contributed by atoms with Gasteiger partial charge in [-0.05, 0) is 94.0 Å². The molecule has 2 aliphatic rings. The van der Waals surface area contributed by atoms with Gasteiger partial charge >= 0.3 is 0 Å². The average Bonchev–Trinajstić information content (AvgIpc) is 3.04. The first-order valence-corrected chi connectivity index (χ1v) is 17.1. The van der Waals surface area contributed by atoms with Crippen LogP contribution in [0.1, 0.15) is 86.9 Å². The molecule has 2 heterocycles. The Labute approximate surface area is 290 Å². The third kappa shape index (κ3) is 8.71. The maximum Gasteiger partial charge on any atom is 0.247 e. The lowest BCUT2D eigenvalue weighted by Crippen LogP contribution is -2.60.